The lowest BCUT2D eigenvalue weighted by atomic mass is 10.1. The van der Waals surface area contributed by atoms with Gasteiger partial charge in [-0.05, 0) is 30.3 Å². The second-order valence-corrected chi connectivity index (χ2v) is 2.48. The number of hydrogen-bond acceptors (Lipinski definition) is 2. The van der Waals surface area contributed by atoms with Gasteiger partial charge in [0, 0.05) is 17.1 Å². The van der Waals surface area contributed by atoms with E-state index in [4.69, 9.17) is 0 Å². The van der Waals surface area contributed by atoms with Crippen molar-refractivity contribution < 1.29 is 4.79 Å². The fraction of sp³-hybridized carbons (Fsp3) is 0. The SMILES string of the molecule is O=Cc1ccc2ncc[c]c2c1. The first-order chi connectivity index (χ1) is 5.90. The van der Waals surface area contributed by atoms with Crippen LogP contribution in [-0.4, -0.2) is 11.3 Å². The number of pyridine rings is 1. The molecule has 0 saturated heterocycles. The summed E-state index contributed by atoms with van der Waals surface area (Å²) in [6.45, 7) is 0. The van der Waals surface area contributed by atoms with Gasteiger partial charge in [0.1, 0.15) is 6.29 Å². The molecule has 0 spiro atoms. The molecule has 12 heavy (non-hydrogen) atoms. The monoisotopic (exact) mass is 156 g/mol. The number of carbonyl (C=O) groups is 1. The van der Waals surface area contributed by atoms with Crippen molar-refractivity contribution in [3.05, 3.63) is 42.1 Å². The third-order valence-electron chi connectivity index (χ3n) is 1.68. The highest BCUT2D eigenvalue weighted by Gasteiger charge is 1.94. The van der Waals surface area contributed by atoms with Crippen LogP contribution < -0.4 is 0 Å². The Hall–Kier alpha value is -1.70. The van der Waals surface area contributed by atoms with E-state index in [9.17, 15) is 4.79 Å². The lowest BCUT2D eigenvalue weighted by molar-refractivity contribution is 0.112. The van der Waals surface area contributed by atoms with E-state index in [1.807, 2.05) is 6.07 Å². The van der Waals surface area contributed by atoms with Gasteiger partial charge in [0.15, 0.2) is 0 Å². The minimum absolute atomic E-state index is 0.659. The van der Waals surface area contributed by atoms with Gasteiger partial charge in [-0.25, -0.2) is 0 Å². The molecule has 0 amide bonds. The maximum atomic E-state index is 10.4. The van der Waals surface area contributed by atoms with Crippen molar-refractivity contribution in [2.75, 3.05) is 0 Å². The molecule has 1 aromatic carbocycles. The van der Waals surface area contributed by atoms with Crippen LogP contribution in [-0.2, 0) is 0 Å². The first-order valence-electron chi connectivity index (χ1n) is 3.62. The molecule has 2 heteroatoms. The number of fused-ring (bicyclic) bond motifs is 1. The van der Waals surface area contributed by atoms with Crippen molar-refractivity contribution >= 4 is 17.2 Å². The number of nitrogens with zero attached hydrogens (tertiary/aromatic N) is 1. The van der Waals surface area contributed by atoms with Crippen molar-refractivity contribution in [1.82, 2.24) is 4.98 Å². The van der Waals surface area contributed by atoms with E-state index < -0.39 is 0 Å². The van der Waals surface area contributed by atoms with Gasteiger partial charge in [-0.15, -0.1) is 0 Å². The zero-order chi connectivity index (χ0) is 8.39. The smallest absolute Gasteiger partial charge is 0.150 e. The molecular weight excluding hydrogens is 150 g/mol. The normalized spacial score (nSPS) is 10.0. The fourth-order valence-electron chi connectivity index (χ4n) is 1.10. The first kappa shape index (κ1) is 6.98. The molecule has 1 heterocycles. The van der Waals surface area contributed by atoms with Crippen LogP contribution in [0, 0.1) is 6.07 Å². The Morgan fingerprint density at radius 1 is 1.42 bits per heavy atom. The van der Waals surface area contributed by atoms with Crippen molar-refractivity contribution in [3.63, 3.8) is 0 Å². The quantitative estimate of drug-likeness (QED) is 0.590. The summed E-state index contributed by atoms with van der Waals surface area (Å²) in [6.07, 6.45) is 2.50. The van der Waals surface area contributed by atoms with E-state index in [2.05, 4.69) is 11.1 Å². The summed E-state index contributed by atoms with van der Waals surface area (Å²) in [5, 5.41) is 0.877. The maximum absolute atomic E-state index is 10.4. The molecule has 1 aromatic heterocycles. The summed E-state index contributed by atoms with van der Waals surface area (Å²) in [5.41, 5.74) is 1.52. The Labute approximate surface area is 69.9 Å². The van der Waals surface area contributed by atoms with Gasteiger partial charge < -0.3 is 0 Å². The molecule has 0 aliphatic rings. The summed E-state index contributed by atoms with van der Waals surface area (Å²) in [6, 6.07) is 10.1. The van der Waals surface area contributed by atoms with Crippen LogP contribution in [0.5, 0.6) is 0 Å². The molecule has 0 fully saturated rings. The second kappa shape index (κ2) is 2.74. The topological polar surface area (TPSA) is 30.0 Å². The van der Waals surface area contributed by atoms with Gasteiger partial charge in [-0.1, -0.05) is 0 Å². The molecule has 2 nitrogen and oxygen atoms in total. The minimum Gasteiger partial charge on any atom is -0.298 e. The largest absolute Gasteiger partial charge is 0.298 e. The Morgan fingerprint density at radius 2 is 2.33 bits per heavy atom. The molecule has 0 aliphatic carbocycles. The van der Waals surface area contributed by atoms with Gasteiger partial charge in [-0.3, -0.25) is 9.78 Å². The van der Waals surface area contributed by atoms with Crippen molar-refractivity contribution in [3.8, 4) is 0 Å². The highest BCUT2D eigenvalue weighted by Crippen LogP contribution is 2.10. The highest BCUT2D eigenvalue weighted by atomic mass is 16.1. The first-order valence-corrected chi connectivity index (χ1v) is 3.62. The third-order valence-corrected chi connectivity index (χ3v) is 1.68. The van der Waals surface area contributed by atoms with E-state index in [0.717, 1.165) is 17.2 Å². The number of carbonyl (C=O) groups excluding carboxylic acids is 1. The lowest BCUT2D eigenvalue weighted by Gasteiger charge is -1.94. The lowest BCUT2D eigenvalue weighted by Crippen LogP contribution is -1.81. The molecule has 0 saturated carbocycles. The van der Waals surface area contributed by atoms with Crippen LogP contribution in [0.1, 0.15) is 10.4 Å². The van der Waals surface area contributed by atoms with Crippen LogP contribution in [0.3, 0.4) is 0 Å². The Morgan fingerprint density at radius 3 is 3.17 bits per heavy atom. The predicted octanol–water partition coefficient (Wildman–Crippen LogP) is 1.85. The second-order valence-electron chi connectivity index (χ2n) is 2.48. The predicted molar refractivity (Wildman–Crippen MR) is 46.0 cm³/mol. The Bertz CT molecular complexity index is 423. The zero-order valence-corrected chi connectivity index (χ0v) is 6.32. The number of hydrogen-bond donors (Lipinski definition) is 0. The van der Waals surface area contributed by atoms with Gasteiger partial charge in [0.2, 0.25) is 0 Å². The number of rotatable bonds is 1. The van der Waals surface area contributed by atoms with E-state index >= 15 is 0 Å². The van der Waals surface area contributed by atoms with Crippen LogP contribution in [0.4, 0.5) is 0 Å². The molecule has 0 bridgehead atoms. The van der Waals surface area contributed by atoms with Gasteiger partial charge in [0.05, 0.1) is 5.52 Å². The summed E-state index contributed by atoms with van der Waals surface area (Å²) in [4.78, 5) is 14.5. The number of aromatic nitrogens is 1. The fourth-order valence-corrected chi connectivity index (χ4v) is 1.10. The Balaban J connectivity index is 2.75. The molecular formula is C10H6NO. The molecule has 0 aliphatic heterocycles. The Kier molecular flexibility index (Phi) is 1.59. The van der Waals surface area contributed by atoms with E-state index in [-0.39, 0.29) is 0 Å². The summed E-state index contributed by atoms with van der Waals surface area (Å²) in [7, 11) is 0. The highest BCUT2D eigenvalue weighted by molar-refractivity contribution is 5.86. The molecule has 0 unspecified atom stereocenters. The number of aldehydes is 1. The minimum atomic E-state index is 0.659. The van der Waals surface area contributed by atoms with Gasteiger partial charge >= 0.3 is 0 Å². The average molecular weight is 156 g/mol. The molecule has 57 valence electrons. The average Bonchev–Trinajstić information content (AvgIpc) is 2.17. The molecule has 0 atom stereocenters. The summed E-state index contributed by atoms with van der Waals surface area (Å²) >= 11 is 0. The van der Waals surface area contributed by atoms with Crippen LogP contribution in [0.25, 0.3) is 10.9 Å². The zero-order valence-electron chi connectivity index (χ0n) is 6.32. The van der Waals surface area contributed by atoms with Gasteiger partial charge in [-0.2, -0.15) is 0 Å². The van der Waals surface area contributed by atoms with Crippen molar-refractivity contribution in [2.45, 2.75) is 0 Å². The summed E-state index contributed by atoms with van der Waals surface area (Å²) in [5.74, 6) is 0. The van der Waals surface area contributed by atoms with E-state index in [0.29, 0.717) is 5.56 Å². The molecule has 2 aromatic rings. The van der Waals surface area contributed by atoms with Crippen molar-refractivity contribution in [1.29, 1.82) is 0 Å². The molecule has 0 N–H and O–H groups in total. The maximum Gasteiger partial charge on any atom is 0.150 e. The van der Waals surface area contributed by atoms with E-state index in [1.165, 1.54) is 0 Å². The third kappa shape index (κ3) is 1.07. The van der Waals surface area contributed by atoms with Crippen LogP contribution in [0.15, 0.2) is 30.5 Å². The summed E-state index contributed by atoms with van der Waals surface area (Å²) < 4.78 is 0. The van der Waals surface area contributed by atoms with Gasteiger partial charge in [0.25, 0.3) is 0 Å². The molecule has 2 rings (SSSR count). The van der Waals surface area contributed by atoms with Crippen molar-refractivity contribution in [2.24, 2.45) is 0 Å². The standard InChI is InChI=1S/C10H6NO/c12-7-8-3-4-10-9(6-8)2-1-5-11-10/h1,3-7H. The number of benzene rings is 1. The van der Waals surface area contributed by atoms with Crippen LogP contribution >= 0.6 is 0 Å². The molecule has 1 radical (unpaired) electrons. The van der Waals surface area contributed by atoms with E-state index in [1.54, 1.807) is 24.4 Å². The van der Waals surface area contributed by atoms with Crippen LogP contribution in [0.2, 0.25) is 0 Å².